The van der Waals surface area contributed by atoms with Crippen molar-refractivity contribution in [3.63, 3.8) is 0 Å². The molecular weight excluding hydrogens is 139 g/mol. The van der Waals surface area contributed by atoms with Gasteiger partial charge in [0.2, 0.25) is 0 Å². The Hall–Kier alpha value is -0.0900. The molecule has 0 amide bonds. The molecule has 2 aliphatic rings. The van der Waals surface area contributed by atoms with E-state index in [9.17, 15) is 0 Å². The van der Waals surface area contributed by atoms with Crippen molar-refractivity contribution in [3.8, 4) is 0 Å². The SMILES string of the molecule is C[P@@]1C=C[C@H]2CC=CC[C@H]21. The molecule has 3 atom stereocenters. The first-order valence-electron chi connectivity index (χ1n) is 3.93. The van der Waals surface area contributed by atoms with Crippen molar-refractivity contribution in [3.05, 3.63) is 24.0 Å². The predicted molar refractivity (Wildman–Crippen MR) is 47.6 cm³/mol. The molecule has 1 aliphatic carbocycles. The Balaban J connectivity index is 2.16. The lowest BCUT2D eigenvalue weighted by Gasteiger charge is -2.23. The number of fused-ring (bicyclic) bond motifs is 1. The van der Waals surface area contributed by atoms with Crippen LogP contribution < -0.4 is 0 Å². The molecule has 0 aromatic rings. The summed E-state index contributed by atoms with van der Waals surface area (Å²) >= 11 is 0. The maximum absolute atomic E-state index is 2.44. The van der Waals surface area contributed by atoms with Crippen LogP contribution in [0.5, 0.6) is 0 Å². The van der Waals surface area contributed by atoms with Crippen molar-refractivity contribution < 1.29 is 0 Å². The zero-order valence-corrected chi connectivity index (χ0v) is 7.22. The minimum absolute atomic E-state index is 0.246. The van der Waals surface area contributed by atoms with E-state index in [2.05, 4.69) is 30.7 Å². The summed E-state index contributed by atoms with van der Waals surface area (Å²) in [6, 6.07) is 0. The summed E-state index contributed by atoms with van der Waals surface area (Å²) in [5.41, 5.74) is 1.000. The molecule has 2 rings (SSSR count). The van der Waals surface area contributed by atoms with Crippen molar-refractivity contribution in [1.82, 2.24) is 0 Å². The highest BCUT2D eigenvalue weighted by Gasteiger charge is 2.28. The van der Waals surface area contributed by atoms with Crippen molar-refractivity contribution in [1.29, 1.82) is 0 Å². The summed E-state index contributed by atoms with van der Waals surface area (Å²) in [6.07, 6.45) is 9.75. The summed E-state index contributed by atoms with van der Waals surface area (Å²) in [5, 5.41) is 0. The lowest BCUT2D eigenvalue weighted by Crippen LogP contribution is -2.14. The molecule has 0 aromatic heterocycles. The van der Waals surface area contributed by atoms with E-state index in [0.717, 1.165) is 11.6 Å². The lowest BCUT2D eigenvalue weighted by atomic mass is 9.94. The van der Waals surface area contributed by atoms with Crippen LogP contribution in [0.4, 0.5) is 0 Å². The zero-order valence-electron chi connectivity index (χ0n) is 6.33. The highest BCUT2D eigenvalue weighted by Crippen LogP contribution is 2.52. The number of rotatable bonds is 0. The highest BCUT2D eigenvalue weighted by molar-refractivity contribution is 7.61. The molecule has 0 nitrogen and oxygen atoms in total. The fraction of sp³-hybridized carbons (Fsp3) is 0.556. The van der Waals surface area contributed by atoms with Gasteiger partial charge in [0.25, 0.3) is 0 Å². The summed E-state index contributed by atoms with van der Waals surface area (Å²) in [5.74, 6) is 3.35. The average Bonchev–Trinajstić information content (AvgIpc) is 2.34. The number of allylic oxidation sites excluding steroid dienone is 3. The largest absolute Gasteiger partial charge is 0.0879 e. The Morgan fingerprint density at radius 3 is 2.90 bits per heavy atom. The van der Waals surface area contributed by atoms with Crippen LogP contribution in [0.1, 0.15) is 12.8 Å². The van der Waals surface area contributed by atoms with Gasteiger partial charge in [0.1, 0.15) is 0 Å². The van der Waals surface area contributed by atoms with Crippen LogP contribution in [-0.4, -0.2) is 12.3 Å². The van der Waals surface area contributed by atoms with E-state index < -0.39 is 0 Å². The Kier molecular flexibility index (Phi) is 1.66. The first kappa shape index (κ1) is 6.61. The molecule has 0 N–H and O–H groups in total. The number of hydrogen-bond acceptors (Lipinski definition) is 0. The summed E-state index contributed by atoms with van der Waals surface area (Å²) < 4.78 is 0. The second-order valence-electron chi connectivity index (χ2n) is 3.18. The van der Waals surface area contributed by atoms with Crippen molar-refractivity contribution in [2.75, 3.05) is 6.66 Å². The molecule has 0 unspecified atom stereocenters. The summed E-state index contributed by atoms with van der Waals surface area (Å²) in [6.45, 7) is 2.40. The molecule has 54 valence electrons. The second kappa shape index (κ2) is 2.51. The van der Waals surface area contributed by atoms with Gasteiger partial charge in [0.05, 0.1) is 0 Å². The van der Waals surface area contributed by atoms with Crippen LogP contribution in [0, 0.1) is 5.92 Å². The maximum Gasteiger partial charge on any atom is -0.00766 e. The topological polar surface area (TPSA) is 0 Å². The number of hydrogen-bond donors (Lipinski definition) is 0. The van der Waals surface area contributed by atoms with Crippen LogP contribution in [0.3, 0.4) is 0 Å². The van der Waals surface area contributed by atoms with E-state index >= 15 is 0 Å². The molecule has 0 saturated carbocycles. The molecule has 0 aromatic carbocycles. The van der Waals surface area contributed by atoms with E-state index in [0.29, 0.717) is 0 Å². The highest BCUT2D eigenvalue weighted by atomic mass is 31.1. The molecule has 0 fully saturated rings. The molecule has 0 bridgehead atoms. The van der Waals surface area contributed by atoms with Crippen LogP contribution in [0.25, 0.3) is 0 Å². The van der Waals surface area contributed by atoms with Gasteiger partial charge in [-0.1, -0.05) is 32.0 Å². The Morgan fingerprint density at radius 1 is 1.30 bits per heavy atom. The minimum atomic E-state index is 0.246. The van der Waals surface area contributed by atoms with Crippen LogP contribution in [0.2, 0.25) is 0 Å². The maximum atomic E-state index is 2.44. The van der Waals surface area contributed by atoms with E-state index in [1.54, 1.807) is 0 Å². The van der Waals surface area contributed by atoms with Gasteiger partial charge in [0, 0.05) is 0 Å². The predicted octanol–water partition coefficient (Wildman–Crippen LogP) is 2.96. The smallest absolute Gasteiger partial charge is 0.00766 e. The lowest BCUT2D eigenvalue weighted by molar-refractivity contribution is 0.605. The molecule has 10 heavy (non-hydrogen) atoms. The third kappa shape index (κ3) is 0.953. The summed E-state index contributed by atoms with van der Waals surface area (Å²) in [4.78, 5) is 0. The van der Waals surface area contributed by atoms with Gasteiger partial charge in [-0.25, -0.2) is 0 Å². The molecular formula is C9H13P. The van der Waals surface area contributed by atoms with Crippen LogP contribution >= 0.6 is 7.92 Å². The Labute approximate surface area is 63.8 Å². The standard InChI is InChI=1S/C9H13P/c1-10-7-6-8-4-2-3-5-9(8)10/h2-3,6-9H,4-5H2,1H3/t8-,9-,10+/m1/s1. The third-order valence-corrected chi connectivity index (χ3v) is 4.82. The zero-order chi connectivity index (χ0) is 6.97. The molecule has 1 heterocycles. The quantitative estimate of drug-likeness (QED) is 0.370. The normalized spacial score (nSPS) is 43.9. The van der Waals surface area contributed by atoms with Gasteiger partial charge in [-0.15, -0.1) is 0 Å². The van der Waals surface area contributed by atoms with Gasteiger partial charge in [-0.3, -0.25) is 0 Å². The van der Waals surface area contributed by atoms with Gasteiger partial charge >= 0.3 is 0 Å². The molecule has 0 saturated heterocycles. The van der Waals surface area contributed by atoms with Gasteiger partial charge in [-0.2, -0.15) is 0 Å². The monoisotopic (exact) mass is 152 g/mol. The average molecular weight is 152 g/mol. The minimum Gasteiger partial charge on any atom is -0.0879 e. The van der Waals surface area contributed by atoms with Gasteiger partial charge < -0.3 is 0 Å². The van der Waals surface area contributed by atoms with Crippen molar-refractivity contribution >= 4 is 7.92 Å². The van der Waals surface area contributed by atoms with Crippen molar-refractivity contribution in [2.24, 2.45) is 5.92 Å². The summed E-state index contributed by atoms with van der Waals surface area (Å²) in [7, 11) is 0.246. The fourth-order valence-corrected chi connectivity index (χ4v) is 3.85. The van der Waals surface area contributed by atoms with E-state index in [1.165, 1.54) is 12.8 Å². The third-order valence-electron chi connectivity index (χ3n) is 2.54. The van der Waals surface area contributed by atoms with Gasteiger partial charge in [0.15, 0.2) is 0 Å². The molecule has 1 aliphatic heterocycles. The van der Waals surface area contributed by atoms with E-state index in [4.69, 9.17) is 0 Å². The first-order valence-corrected chi connectivity index (χ1v) is 5.86. The van der Waals surface area contributed by atoms with E-state index in [-0.39, 0.29) is 7.92 Å². The molecule has 1 heteroatoms. The fourth-order valence-electron chi connectivity index (χ4n) is 1.85. The van der Waals surface area contributed by atoms with Crippen LogP contribution in [-0.2, 0) is 0 Å². The van der Waals surface area contributed by atoms with E-state index in [1.807, 2.05) is 0 Å². The second-order valence-corrected chi connectivity index (χ2v) is 5.47. The Bertz CT molecular complexity index is 181. The molecule has 0 radical (unpaired) electrons. The van der Waals surface area contributed by atoms with Gasteiger partial charge in [-0.05, 0) is 31.1 Å². The van der Waals surface area contributed by atoms with Crippen LogP contribution in [0.15, 0.2) is 24.0 Å². The molecule has 0 spiro atoms. The first-order chi connectivity index (χ1) is 4.88. The van der Waals surface area contributed by atoms with Crippen molar-refractivity contribution in [2.45, 2.75) is 18.5 Å². The Morgan fingerprint density at radius 2 is 2.10 bits per heavy atom.